The van der Waals surface area contributed by atoms with Gasteiger partial charge in [0.15, 0.2) is 5.69 Å². The number of carbonyl (C=O) groups is 1. The minimum absolute atomic E-state index is 0.0339. The van der Waals surface area contributed by atoms with Crippen LogP contribution in [0.4, 0.5) is 0 Å². The van der Waals surface area contributed by atoms with E-state index < -0.39 is 5.97 Å². The van der Waals surface area contributed by atoms with Gasteiger partial charge in [0, 0.05) is 13.2 Å². The van der Waals surface area contributed by atoms with Crippen LogP contribution in [0.3, 0.4) is 0 Å². The van der Waals surface area contributed by atoms with E-state index in [-0.39, 0.29) is 5.69 Å². The smallest absolute Gasteiger partial charge is 0.356 e. The van der Waals surface area contributed by atoms with E-state index in [4.69, 9.17) is 14.6 Å². The van der Waals surface area contributed by atoms with E-state index in [9.17, 15) is 4.79 Å². The summed E-state index contributed by atoms with van der Waals surface area (Å²) >= 11 is 0. The number of benzene rings is 1. The first kappa shape index (κ1) is 14.1. The van der Waals surface area contributed by atoms with E-state index in [2.05, 4.69) is 5.10 Å². The fraction of sp³-hybridized carbons (Fsp3) is 0.286. The van der Waals surface area contributed by atoms with Gasteiger partial charge in [-0.1, -0.05) is 30.3 Å². The maximum Gasteiger partial charge on any atom is 0.356 e. The number of carboxylic acids is 1. The summed E-state index contributed by atoms with van der Waals surface area (Å²) in [6.07, 6.45) is 0. The molecule has 0 saturated carbocycles. The van der Waals surface area contributed by atoms with Gasteiger partial charge in [0.05, 0.1) is 13.2 Å². The van der Waals surface area contributed by atoms with Gasteiger partial charge >= 0.3 is 5.97 Å². The second kappa shape index (κ2) is 6.72. The zero-order valence-corrected chi connectivity index (χ0v) is 11.2. The van der Waals surface area contributed by atoms with Gasteiger partial charge in [-0.3, -0.25) is 0 Å². The van der Waals surface area contributed by atoms with Crippen LogP contribution >= 0.6 is 0 Å². The average molecular weight is 276 g/mol. The van der Waals surface area contributed by atoms with Crippen molar-refractivity contribution in [2.45, 2.75) is 6.54 Å². The minimum atomic E-state index is -1.08. The molecule has 1 heterocycles. The van der Waals surface area contributed by atoms with Gasteiger partial charge in [-0.25, -0.2) is 9.48 Å². The van der Waals surface area contributed by atoms with Crippen molar-refractivity contribution in [3.05, 3.63) is 47.7 Å². The van der Waals surface area contributed by atoms with E-state index in [0.29, 0.717) is 25.6 Å². The first-order valence-corrected chi connectivity index (χ1v) is 6.17. The van der Waals surface area contributed by atoms with Crippen molar-refractivity contribution < 1.29 is 19.4 Å². The van der Waals surface area contributed by atoms with Crippen LogP contribution in [-0.4, -0.2) is 41.2 Å². The fourth-order valence-corrected chi connectivity index (χ4v) is 1.72. The lowest BCUT2D eigenvalue weighted by molar-refractivity contribution is 0.0689. The Kier molecular flexibility index (Phi) is 4.73. The molecular weight excluding hydrogens is 260 g/mol. The van der Waals surface area contributed by atoms with Crippen molar-refractivity contribution in [3.8, 4) is 5.88 Å². The summed E-state index contributed by atoms with van der Waals surface area (Å²) in [6, 6.07) is 11.1. The molecule has 0 saturated heterocycles. The lowest BCUT2D eigenvalue weighted by Gasteiger charge is -2.08. The fourth-order valence-electron chi connectivity index (χ4n) is 1.72. The van der Waals surface area contributed by atoms with Crippen molar-refractivity contribution in [3.63, 3.8) is 0 Å². The van der Waals surface area contributed by atoms with Gasteiger partial charge in [0.1, 0.15) is 6.61 Å². The zero-order valence-electron chi connectivity index (χ0n) is 11.2. The van der Waals surface area contributed by atoms with Gasteiger partial charge in [-0.15, -0.1) is 0 Å². The summed E-state index contributed by atoms with van der Waals surface area (Å²) < 4.78 is 11.9. The van der Waals surface area contributed by atoms with Gasteiger partial charge in [0.2, 0.25) is 5.88 Å². The molecule has 0 aliphatic rings. The molecular formula is C14H16N2O4. The highest BCUT2D eigenvalue weighted by atomic mass is 16.5. The Morgan fingerprint density at radius 1 is 1.30 bits per heavy atom. The number of carboxylic acid groups (broad SMARTS) is 1. The lowest BCUT2D eigenvalue weighted by Crippen LogP contribution is -2.10. The quantitative estimate of drug-likeness (QED) is 0.778. The number of aromatic nitrogens is 2. The Bertz CT molecular complexity index is 566. The van der Waals surface area contributed by atoms with Crippen LogP contribution in [0.2, 0.25) is 0 Å². The van der Waals surface area contributed by atoms with E-state index in [1.54, 1.807) is 7.11 Å². The predicted molar refractivity (Wildman–Crippen MR) is 72.1 cm³/mol. The van der Waals surface area contributed by atoms with Crippen LogP contribution in [0.25, 0.3) is 0 Å². The molecule has 2 aromatic rings. The summed E-state index contributed by atoms with van der Waals surface area (Å²) in [6.45, 7) is 1.23. The summed E-state index contributed by atoms with van der Waals surface area (Å²) in [4.78, 5) is 11.0. The van der Waals surface area contributed by atoms with Crippen LogP contribution in [0.1, 0.15) is 16.1 Å². The number of nitrogens with zero attached hydrogens (tertiary/aromatic N) is 2. The predicted octanol–water partition coefficient (Wildman–Crippen LogP) is 1.65. The number of ether oxygens (including phenoxy) is 2. The topological polar surface area (TPSA) is 73.6 Å². The van der Waals surface area contributed by atoms with E-state index in [1.807, 2.05) is 30.3 Å². The number of methoxy groups -OCH3 is 1. The number of aromatic carboxylic acids is 1. The zero-order chi connectivity index (χ0) is 14.4. The molecule has 0 aliphatic heterocycles. The number of rotatable bonds is 7. The highest BCUT2D eigenvalue weighted by molar-refractivity contribution is 5.85. The molecule has 20 heavy (non-hydrogen) atoms. The van der Waals surface area contributed by atoms with Crippen molar-refractivity contribution in [1.29, 1.82) is 0 Å². The SMILES string of the molecule is COCCOc1cc(C(=O)O)nn1Cc1ccccc1. The molecule has 0 amide bonds. The first-order valence-electron chi connectivity index (χ1n) is 6.17. The number of hydrogen-bond donors (Lipinski definition) is 1. The highest BCUT2D eigenvalue weighted by Crippen LogP contribution is 2.16. The summed E-state index contributed by atoms with van der Waals surface area (Å²) in [7, 11) is 1.58. The Labute approximate surface area is 116 Å². The second-order valence-corrected chi connectivity index (χ2v) is 4.16. The Balaban J connectivity index is 2.18. The Hall–Kier alpha value is -2.34. The largest absolute Gasteiger partial charge is 0.476 e. The lowest BCUT2D eigenvalue weighted by atomic mass is 10.2. The third kappa shape index (κ3) is 3.58. The van der Waals surface area contributed by atoms with Crippen LogP contribution < -0.4 is 4.74 Å². The Morgan fingerprint density at radius 2 is 2.05 bits per heavy atom. The normalized spacial score (nSPS) is 10.4. The minimum Gasteiger partial charge on any atom is -0.476 e. The molecule has 6 heteroatoms. The molecule has 0 atom stereocenters. The van der Waals surface area contributed by atoms with Gasteiger partial charge < -0.3 is 14.6 Å². The third-order valence-corrected chi connectivity index (χ3v) is 2.67. The average Bonchev–Trinajstić information content (AvgIpc) is 2.84. The molecule has 0 radical (unpaired) electrons. The second-order valence-electron chi connectivity index (χ2n) is 4.16. The summed E-state index contributed by atoms with van der Waals surface area (Å²) in [5.41, 5.74) is 0.984. The molecule has 0 bridgehead atoms. The molecule has 0 aliphatic carbocycles. The van der Waals surface area contributed by atoms with Crippen molar-refractivity contribution >= 4 is 5.97 Å². The van der Waals surface area contributed by atoms with Crippen molar-refractivity contribution in [2.75, 3.05) is 20.3 Å². The first-order chi connectivity index (χ1) is 9.70. The molecule has 0 unspecified atom stereocenters. The van der Waals surface area contributed by atoms with Gasteiger partial charge in [-0.05, 0) is 5.56 Å². The molecule has 106 valence electrons. The summed E-state index contributed by atoms with van der Waals surface area (Å²) in [5, 5.41) is 13.0. The van der Waals surface area contributed by atoms with Crippen LogP contribution in [0.15, 0.2) is 36.4 Å². The van der Waals surface area contributed by atoms with E-state index in [1.165, 1.54) is 10.7 Å². The standard InChI is InChI=1S/C14H16N2O4/c1-19-7-8-20-13-9-12(14(17)18)15-16(13)10-11-5-3-2-4-6-11/h2-6,9H,7-8,10H2,1H3,(H,17,18). The van der Waals surface area contributed by atoms with E-state index >= 15 is 0 Å². The maximum atomic E-state index is 11.0. The van der Waals surface area contributed by atoms with Crippen LogP contribution in [0.5, 0.6) is 5.88 Å². The Morgan fingerprint density at radius 3 is 2.70 bits per heavy atom. The molecule has 1 aromatic heterocycles. The molecule has 1 N–H and O–H groups in total. The van der Waals surface area contributed by atoms with E-state index in [0.717, 1.165) is 5.56 Å². The monoisotopic (exact) mass is 276 g/mol. The highest BCUT2D eigenvalue weighted by Gasteiger charge is 2.14. The number of hydrogen-bond acceptors (Lipinski definition) is 4. The molecule has 2 rings (SSSR count). The van der Waals surface area contributed by atoms with Crippen LogP contribution in [0, 0.1) is 0 Å². The van der Waals surface area contributed by atoms with Crippen LogP contribution in [-0.2, 0) is 11.3 Å². The van der Waals surface area contributed by atoms with Crippen molar-refractivity contribution in [1.82, 2.24) is 9.78 Å². The molecule has 0 spiro atoms. The molecule has 0 fully saturated rings. The van der Waals surface area contributed by atoms with Crippen molar-refractivity contribution in [2.24, 2.45) is 0 Å². The van der Waals surface area contributed by atoms with Gasteiger partial charge in [-0.2, -0.15) is 5.10 Å². The van der Waals surface area contributed by atoms with Gasteiger partial charge in [0.25, 0.3) is 0 Å². The maximum absolute atomic E-state index is 11.0. The molecule has 1 aromatic carbocycles. The summed E-state index contributed by atoms with van der Waals surface area (Å²) in [5.74, 6) is -0.656. The third-order valence-electron chi connectivity index (χ3n) is 2.67. The molecule has 6 nitrogen and oxygen atoms in total.